The summed E-state index contributed by atoms with van der Waals surface area (Å²) >= 11 is 3.26. The second kappa shape index (κ2) is 6.70. The van der Waals surface area contributed by atoms with Crippen molar-refractivity contribution in [3.63, 3.8) is 0 Å². The molecule has 2 N–H and O–H groups in total. The first-order valence-electron chi connectivity index (χ1n) is 5.65. The molecule has 0 aliphatic carbocycles. The SMILES string of the molecule is O=C(N/N=C\C=C\c1ccccc1)c1cc(Br)c[nH]1. The van der Waals surface area contributed by atoms with Gasteiger partial charge in [-0.1, -0.05) is 36.4 Å². The van der Waals surface area contributed by atoms with Crippen molar-refractivity contribution in [2.45, 2.75) is 0 Å². The maximum absolute atomic E-state index is 11.6. The number of hydrazone groups is 1. The molecule has 1 heterocycles. The second-order valence-corrected chi connectivity index (χ2v) is 4.64. The summed E-state index contributed by atoms with van der Waals surface area (Å²) in [7, 11) is 0. The Hall–Kier alpha value is -2.14. The zero-order chi connectivity index (χ0) is 13.5. The van der Waals surface area contributed by atoms with Gasteiger partial charge in [0, 0.05) is 16.9 Å². The van der Waals surface area contributed by atoms with Gasteiger partial charge in [-0.15, -0.1) is 0 Å². The third-order valence-corrected chi connectivity index (χ3v) is 2.77. The lowest BCUT2D eigenvalue weighted by Gasteiger charge is -1.94. The fraction of sp³-hybridized carbons (Fsp3) is 0. The van der Waals surface area contributed by atoms with Crippen LogP contribution in [0.1, 0.15) is 16.1 Å². The van der Waals surface area contributed by atoms with Crippen LogP contribution < -0.4 is 5.43 Å². The number of H-pyrrole nitrogens is 1. The summed E-state index contributed by atoms with van der Waals surface area (Å²) in [4.78, 5) is 14.4. The van der Waals surface area contributed by atoms with Crippen LogP contribution in [0.2, 0.25) is 0 Å². The minimum absolute atomic E-state index is 0.282. The van der Waals surface area contributed by atoms with Gasteiger partial charge in [0.15, 0.2) is 0 Å². The van der Waals surface area contributed by atoms with Crippen molar-refractivity contribution in [2.24, 2.45) is 5.10 Å². The molecule has 4 nitrogen and oxygen atoms in total. The number of nitrogens with one attached hydrogen (secondary N) is 2. The van der Waals surface area contributed by atoms with Gasteiger partial charge in [-0.05, 0) is 33.6 Å². The van der Waals surface area contributed by atoms with Gasteiger partial charge in [0.2, 0.25) is 0 Å². The number of carbonyl (C=O) groups is 1. The normalized spacial score (nSPS) is 11.2. The molecule has 0 spiro atoms. The lowest BCUT2D eigenvalue weighted by Crippen LogP contribution is -2.17. The van der Waals surface area contributed by atoms with E-state index in [1.807, 2.05) is 36.4 Å². The number of halogens is 1. The highest BCUT2D eigenvalue weighted by Crippen LogP contribution is 2.10. The lowest BCUT2D eigenvalue weighted by atomic mass is 10.2. The Morgan fingerprint density at radius 2 is 2.11 bits per heavy atom. The first-order valence-corrected chi connectivity index (χ1v) is 6.44. The molecule has 19 heavy (non-hydrogen) atoms. The molecular formula is C14H12BrN3O. The molecule has 96 valence electrons. The Balaban J connectivity index is 1.84. The number of rotatable bonds is 4. The zero-order valence-electron chi connectivity index (χ0n) is 10.0. The van der Waals surface area contributed by atoms with Crippen LogP contribution in [-0.2, 0) is 0 Å². The fourth-order valence-corrected chi connectivity index (χ4v) is 1.76. The molecule has 0 aliphatic rings. The lowest BCUT2D eigenvalue weighted by molar-refractivity contribution is 0.0951. The van der Waals surface area contributed by atoms with Crippen molar-refractivity contribution < 1.29 is 4.79 Å². The van der Waals surface area contributed by atoms with Crippen molar-refractivity contribution in [2.75, 3.05) is 0 Å². The van der Waals surface area contributed by atoms with E-state index in [4.69, 9.17) is 0 Å². The van der Waals surface area contributed by atoms with Crippen LogP contribution in [-0.4, -0.2) is 17.1 Å². The van der Waals surface area contributed by atoms with Crippen LogP contribution in [0.3, 0.4) is 0 Å². The first-order chi connectivity index (χ1) is 9.25. The molecule has 0 radical (unpaired) electrons. The minimum Gasteiger partial charge on any atom is -0.356 e. The van der Waals surface area contributed by atoms with E-state index in [-0.39, 0.29) is 5.91 Å². The summed E-state index contributed by atoms with van der Waals surface area (Å²) in [6, 6.07) is 11.5. The third-order valence-electron chi connectivity index (χ3n) is 2.31. The minimum atomic E-state index is -0.282. The van der Waals surface area contributed by atoms with Gasteiger partial charge in [-0.3, -0.25) is 4.79 Å². The first kappa shape index (κ1) is 13.3. The average molecular weight is 318 g/mol. The third kappa shape index (κ3) is 4.22. The molecular weight excluding hydrogens is 306 g/mol. The largest absolute Gasteiger partial charge is 0.356 e. The topological polar surface area (TPSA) is 57.2 Å². The average Bonchev–Trinajstić information content (AvgIpc) is 2.86. The van der Waals surface area contributed by atoms with E-state index in [1.165, 1.54) is 6.21 Å². The monoisotopic (exact) mass is 317 g/mol. The number of hydrogen-bond donors (Lipinski definition) is 2. The van der Waals surface area contributed by atoms with Gasteiger partial charge in [-0.2, -0.15) is 5.10 Å². The standard InChI is InChI=1S/C14H12BrN3O/c15-12-9-13(16-10-12)14(19)18-17-8-4-7-11-5-2-1-3-6-11/h1-10,16H,(H,18,19)/b7-4+,17-8-. The van der Waals surface area contributed by atoms with E-state index < -0.39 is 0 Å². The molecule has 2 rings (SSSR count). The van der Waals surface area contributed by atoms with Crippen LogP contribution in [0.25, 0.3) is 6.08 Å². The Labute approximate surface area is 119 Å². The summed E-state index contributed by atoms with van der Waals surface area (Å²) in [5.74, 6) is -0.282. The Morgan fingerprint density at radius 3 is 2.79 bits per heavy atom. The van der Waals surface area contributed by atoms with E-state index >= 15 is 0 Å². The Bertz CT molecular complexity index is 602. The number of nitrogens with zero attached hydrogens (tertiary/aromatic N) is 1. The van der Waals surface area contributed by atoms with Crippen molar-refractivity contribution in [3.05, 3.63) is 64.4 Å². The Kier molecular flexibility index (Phi) is 4.69. The van der Waals surface area contributed by atoms with E-state index in [0.29, 0.717) is 5.69 Å². The number of aromatic amines is 1. The van der Waals surface area contributed by atoms with Gasteiger partial charge in [0.05, 0.1) is 0 Å². The van der Waals surface area contributed by atoms with Crippen LogP contribution in [0.5, 0.6) is 0 Å². The number of amides is 1. The highest BCUT2D eigenvalue weighted by molar-refractivity contribution is 9.10. The van der Waals surface area contributed by atoms with Gasteiger partial charge < -0.3 is 4.98 Å². The summed E-state index contributed by atoms with van der Waals surface area (Å²) in [6.07, 6.45) is 6.89. The van der Waals surface area contributed by atoms with Gasteiger partial charge in [0.1, 0.15) is 5.69 Å². The zero-order valence-corrected chi connectivity index (χ0v) is 11.6. The maximum Gasteiger partial charge on any atom is 0.287 e. The number of aromatic nitrogens is 1. The van der Waals surface area contributed by atoms with Crippen LogP contribution in [0.15, 0.2) is 58.2 Å². The van der Waals surface area contributed by atoms with Crippen molar-refractivity contribution in [1.82, 2.24) is 10.4 Å². The molecule has 1 aromatic carbocycles. The molecule has 0 fully saturated rings. The highest BCUT2D eigenvalue weighted by atomic mass is 79.9. The van der Waals surface area contributed by atoms with Gasteiger partial charge in [0.25, 0.3) is 5.91 Å². The summed E-state index contributed by atoms with van der Waals surface area (Å²) in [5, 5.41) is 3.83. The van der Waals surface area contributed by atoms with Crippen molar-refractivity contribution in [1.29, 1.82) is 0 Å². The van der Waals surface area contributed by atoms with Gasteiger partial charge >= 0.3 is 0 Å². The molecule has 0 saturated heterocycles. The molecule has 2 aromatic rings. The smallest absolute Gasteiger partial charge is 0.287 e. The molecule has 1 amide bonds. The van der Waals surface area contributed by atoms with E-state index in [9.17, 15) is 4.79 Å². The van der Waals surface area contributed by atoms with Crippen molar-refractivity contribution >= 4 is 34.1 Å². The summed E-state index contributed by atoms with van der Waals surface area (Å²) in [5.41, 5.74) is 3.96. The number of allylic oxidation sites excluding steroid dienone is 1. The molecule has 0 atom stereocenters. The molecule has 1 aromatic heterocycles. The Morgan fingerprint density at radius 1 is 1.32 bits per heavy atom. The van der Waals surface area contributed by atoms with Crippen molar-refractivity contribution in [3.8, 4) is 0 Å². The fourth-order valence-electron chi connectivity index (χ4n) is 1.42. The summed E-state index contributed by atoms with van der Waals surface area (Å²) in [6.45, 7) is 0. The highest BCUT2D eigenvalue weighted by Gasteiger charge is 2.05. The van der Waals surface area contributed by atoms with E-state index in [2.05, 4.69) is 31.4 Å². The van der Waals surface area contributed by atoms with E-state index in [1.54, 1.807) is 18.3 Å². The number of carbonyl (C=O) groups excluding carboxylic acids is 1. The second-order valence-electron chi connectivity index (χ2n) is 3.72. The molecule has 0 bridgehead atoms. The quantitative estimate of drug-likeness (QED) is 0.660. The maximum atomic E-state index is 11.6. The predicted octanol–water partition coefficient (Wildman–Crippen LogP) is 3.21. The number of benzene rings is 1. The molecule has 5 heteroatoms. The van der Waals surface area contributed by atoms with Gasteiger partial charge in [-0.25, -0.2) is 5.43 Å². The van der Waals surface area contributed by atoms with E-state index in [0.717, 1.165) is 10.0 Å². The number of hydrogen-bond acceptors (Lipinski definition) is 2. The van der Waals surface area contributed by atoms with Crippen LogP contribution in [0, 0.1) is 0 Å². The van der Waals surface area contributed by atoms with Crippen LogP contribution in [0.4, 0.5) is 0 Å². The molecule has 0 saturated carbocycles. The molecule has 0 aliphatic heterocycles. The summed E-state index contributed by atoms with van der Waals surface area (Å²) < 4.78 is 0.825. The molecule has 0 unspecified atom stereocenters. The predicted molar refractivity (Wildman–Crippen MR) is 79.9 cm³/mol. The van der Waals surface area contributed by atoms with Crippen LogP contribution >= 0.6 is 15.9 Å².